The van der Waals surface area contributed by atoms with Gasteiger partial charge >= 0.3 is 0 Å². The van der Waals surface area contributed by atoms with Crippen LogP contribution < -0.4 is 4.74 Å². The number of nitrogens with zero attached hydrogens (tertiary/aromatic N) is 1. The first-order valence-electron chi connectivity index (χ1n) is 5.56. The van der Waals surface area contributed by atoms with Gasteiger partial charge in [-0.15, -0.1) is 0 Å². The summed E-state index contributed by atoms with van der Waals surface area (Å²) in [5.74, 6) is 0.0512. The van der Waals surface area contributed by atoms with E-state index in [0.717, 1.165) is 0 Å². The largest absolute Gasteiger partial charge is 0.481 e. The lowest BCUT2D eigenvalue weighted by atomic mass is 9.98. The molecule has 94 valence electrons. The Morgan fingerprint density at radius 1 is 1.28 bits per heavy atom. The Kier molecular flexibility index (Phi) is 3.58. The molecule has 1 heterocycles. The fraction of sp³-hybridized carbons (Fsp3) is 0.214. The number of ether oxygens (including phenoxy) is 1. The van der Waals surface area contributed by atoms with Crippen LogP contribution in [0.3, 0.4) is 0 Å². The topological polar surface area (TPSA) is 42.4 Å². The van der Waals surface area contributed by atoms with Crippen LogP contribution in [0.4, 0.5) is 4.39 Å². The summed E-state index contributed by atoms with van der Waals surface area (Å²) in [6, 6.07) is 7.75. The van der Waals surface area contributed by atoms with Gasteiger partial charge in [0.15, 0.2) is 0 Å². The maximum absolute atomic E-state index is 13.0. The van der Waals surface area contributed by atoms with Crippen molar-refractivity contribution in [1.29, 1.82) is 0 Å². The average Bonchev–Trinajstić information content (AvgIpc) is 2.38. The first kappa shape index (κ1) is 12.5. The van der Waals surface area contributed by atoms with Gasteiger partial charge < -0.3 is 9.84 Å². The van der Waals surface area contributed by atoms with Gasteiger partial charge in [0, 0.05) is 11.8 Å². The van der Waals surface area contributed by atoms with E-state index in [9.17, 15) is 9.50 Å². The highest BCUT2D eigenvalue weighted by molar-refractivity contribution is 5.39. The van der Waals surface area contributed by atoms with Crippen LogP contribution in [-0.2, 0) is 0 Å². The van der Waals surface area contributed by atoms with Gasteiger partial charge in [0.1, 0.15) is 11.9 Å². The predicted octanol–water partition coefficient (Wildman–Crippen LogP) is 2.62. The van der Waals surface area contributed by atoms with E-state index < -0.39 is 6.10 Å². The Morgan fingerprint density at radius 3 is 2.72 bits per heavy atom. The summed E-state index contributed by atoms with van der Waals surface area (Å²) in [6.07, 6.45) is 0.710. The fourth-order valence-electron chi connectivity index (χ4n) is 1.90. The van der Waals surface area contributed by atoms with Crippen molar-refractivity contribution in [2.24, 2.45) is 0 Å². The summed E-state index contributed by atoms with van der Waals surface area (Å²) in [7, 11) is 1.50. The first-order chi connectivity index (χ1) is 8.63. The molecular formula is C14H14FNO2. The van der Waals surface area contributed by atoms with Crippen molar-refractivity contribution in [3.63, 3.8) is 0 Å². The molecule has 0 aliphatic heterocycles. The summed E-state index contributed by atoms with van der Waals surface area (Å²) in [6.45, 7) is 1.75. The summed E-state index contributed by atoms with van der Waals surface area (Å²) in [4.78, 5) is 4.03. The smallest absolute Gasteiger partial charge is 0.219 e. The average molecular weight is 247 g/mol. The van der Waals surface area contributed by atoms with Crippen molar-refractivity contribution < 1.29 is 14.2 Å². The lowest BCUT2D eigenvalue weighted by Gasteiger charge is -2.16. The van der Waals surface area contributed by atoms with Crippen molar-refractivity contribution >= 4 is 0 Å². The van der Waals surface area contributed by atoms with Crippen molar-refractivity contribution in [3.8, 4) is 5.88 Å². The van der Waals surface area contributed by atoms with E-state index in [1.54, 1.807) is 31.3 Å². The number of aryl methyl sites for hydroxylation is 1. The number of aromatic nitrogens is 1. The van der Waals surface area contributed by atoms with Crippen LogP contribution in [0.5, 0.6) is 5.88 Å². The molecule has 2 aromatic rings. The second-order valence-electron chi connectivity index (χ2n) is 4.01. The van der Waals surface area contributed by atoms with Crippen LogP contribution in [-0.4, -0.2) is 17.2 Å². The lowest BCUT2D eigenvalue weighted by Crippen LogP contribution is -2.05. The second kappa shape index (κ2) is 5.14. The number of halogens is 1. The molecule has 1 N–H and O–H groups in total. The highest BCUT2D eigenvalue weighted by atomic mass is 19.1. The van der Waals surface area contributed by atoms with E-state index in [1.165, 1.54) is 19.2 Å². The van der Waals surface area contributed by atoms with Gasteiger partial charge in [-0.3, -0.25) is 0 Å². The molecule has 1 aromatic carbocycles. The maximum atomic E-state index is 13.0. The molecule has 0 saturated carbocycles. The van der Waals surface area contributed by atoms with Gasteiger partial charge in [0.05, 0.1) is 7.11 Å². The number of aliphatic hydroxyl groups is 1. The summed E-state index contributed by atoms with van der Waals surface area (Å²) >= 11 is 0. The maximum Gasteiger partial charge on any atom is 0.219 e. The highest BCUT2D eigenvalue weighted by Crippen LogP contribution is 2.29. The van der Waals surface area contributed by atoms with E-state index in [1.807, 2.05) is 0 Å². The molecule has 0 saturated heterocycles. The minimum Gasteiger partial charge on any atom is -0.481 e. The zero-order valence-electron chi connectivity index (χ0n) is 10.2. The summed E-state index contributed by atoms with van der Waals surface area (Å²) < 4.78 is 18.1. The monoisotopic (exact) mass is 247 g/mol. The van der Waals surface area contributed by atoms with E-state index in [4.69, 9.17) is 4.74 Å². The third kappa shape index (κ3) is 2.33. The SMILES string of the molecule is COc1ncccc1C(O)c1ccc(F)cc1C. The summed E-state index contributed by atoms with van der Waals surface area (Å²) in [5, 5.41) is 10.3. The molecule has 0 spiro atoms. The number of aliphatic hydroxyl groups excluding tert-OH is 1. The number of hydrogen-bond acceptors (Lipinski definition) is 3. The first-order valence-corrected chi connectivity index (χ1v) is 5.56. The molecule has 1 unspecified atom stereocenters. The molecule has 0 aliphatic rings. The molecular weight excluding hydrogens is 233 g/mol. The van der Waals surface area contributed by atoms with Gasteiger partial charge in [-0.1, -0.05) is 6.07 Å². The number of rotatable bonds is 3. The Balaban J connectivity index is 2.44. The van der Waals surface area contributed by atoms with Gasteiger partial charge in [0.25, 0.3) is 0 Å². The minimum atomic E-state index is -0.880. The molecule has 18 heavy (non-hydrogen) atoms. The highest BCUT2D eigenvalue weighted by Gasteiger charge is 2.17. The Labute approximate surface area is 105 Å². The second-order valence-corrected chi connectivity index (χ2v) is 4.01. The Morgan fingerprint density at radius 2 is 2.06 bits per heavy atom. The van der Waals surface area contributed by atoms with Crippen LogP contribution >= 0.6 is 0 Å². The zero-order chi connectivity index (χ0) is 13.1. The molecule has 3 nitrogen and oxygen atoms in total. The lowest BCUT2D eigenvalue weighted by molar-refractivity contribution is 0.212. The number of methoxy groups -OCH3 is 1. The molecule has 1 atom stereocenters. The number of pyridine rings is 1. The van der Waals surface area contributed by atoms with E-state index in [2.05, 4.69) is 4.98 Å². The van der Waals surface area contributed by atoms with Gasteiger partial charge in [-0.2, -0.15) is 0 Å². The van der Waals surface area contributed by atoms with Gasteiger partial charge in [0.2, 0.25) is 5.88 Å². The van der Waals surface area contributed by atoms with Crippen LogP contribution in [0.15, 0.2) is 36.5 Å². The van der Waals surface area contributed by atoms with Crippen LogP contribution in [0, 0.1) is 12.7 Å². The number of benzene rings is 1. The Hall–Kier alpha value is -1.94. The minimum absolute atomic E-state index is 0.318. The molecule has 0 fully saturated rings. The predicted molar refractivity (Wildman–Crippen MR) is 66.0 cm³/mol. The molecule has 0 radical (unpaired) electrons. The number of hydrogen-bond donors (Lipinski definition) is 1. The van der Waals surface area contributed by atoms with Gasteiger partial charge in [-0.05, 0) is 42.3 Å². The van der Waals surface area contributed by atoms with Crippen LogP contribution in [0.25, 0.3) is 0 Å². The molecule has 0 bridgehead atoms. The van der Waals surface area contributed by atoms with Crippen molar-refractivity contribution in [2.75, 3.05) is 7.11 Å². The van der Waals surface area contributed by atoms with Gasteiger partial charge in [-0.25, -0.2) is 9.37 Å². The Bertz CT molecular complexity index is 557. The van der Waals surface area contributed by atoms with Crippen LogP contribution in [0.2, 0.25) is 0 Å². The molecule has 0 aliphatic carbocycles. The zero-order valence-corrected chi connectivity index (χ0v) is 10.2. The molecule has 2 rings (SSSR count). The standard InChI is InChI=1S/C14H14FNO2/c1-9-8-10(15)5-6-11(9)13(17)12-4-3-7-16-14(12)18-2/h3-8,13,17H,1-2H3. The molecule has 1 aromatic heterocycles. The van der Waals surface area contributed by atoms with E-state index in [0.29, 0.717) is 22.6 Å². The summed E-state index contributed by atoms with van der Waals surface area (Å²) in [5.41, 5.74) is 1.89. The molecule has 0 amide bonds. The quantitative estimate of drug-likeness (QED) is 0.906. The fourth-order valence-corrected chi connectivity index (χ4v) is 1.90. The van der Waals surface area contributed by atoms with Crippen LogP contribution in [0.1, 0.15) is 22.8 Å². The van der Waals surface area contributed by atoms with E-state index in [-0.39, 0.29) is 5.82 Å². The van der Waals surface area contributed by atoms with Crippen molar-refractivity contribution in [3.05, 3.63) is 59.0 Å². The normalized spacial score (nSPS) is 12.2. The third-order valence-electron chi connectivity index (χ3n) is 2.81. The third-order valence-corrected chi connectivity index (χ3v) is 2.81. The van der Waals surface area contributed by atoms with Crippen molar-refractivity contribution in [2.45, 2.75) is 13.0 Å². The molecule has 4 heteroatoms. The van der Waals surface area contributed by atoms with E-state index >= 15 is 0 Å². The van der Waals surface area contributed by atoms with Crippen molar-refractivity contribution in [1.82, 2.24) is 4.98 Å².